The fourth-order valence-electron chi connectivity index (χ4n) is 1.89. The van der Waals surface area contributed by atoms with Crippen molar-refractivity contribution in [1.29, 1.82) is 0 Å². The van der Waals surface area contributed by atoms with Crippen LogP contribution < -0.4 is 16.3 Å². The second kappa shape index (κ2) is 8.11. The Labute approximate surface area is 134 Å². The van der Waals surface area contributed by atoms with Gasteiger partial charge in [0.1, 0.15) is 12.1 Å². The van der Waals surface area contributed by atoms with Gasteiger partial charge in [-0.1, -0.05) is 13.3 Å². The third-order valence-electron chi connectivity index (χ3n) is 3.22. The van der Waals surface area contributed by atoms with Crippen molar-refractivity contribution in [3.63, 3.8) is 0 Å². The van der Waals surface area contributed by atoms with Crippen molar-refractivity contribution in [3.8, 4) is 0 Å². The van der Waals surface area contributed by atoms with E-state index < -0.39 is 0 Å². The molecule has 0 radical (unpaired) electrons. The van der Waals surface area contributed by atoms with Crippen LogP contribution >= 0.6 is 0 Å². The van der Waals surface area contributed by atoms with E-state index in [9.17, 15) is 10.0 Å². The van der Waals surface area contributed by atoms with Gasteiger partial charge in [-0.25, -0.2) is 20.0 Å². The molecule has 0 saturated heterocycles. The molecule has 1 aromatic rings. The molecule has 9 heteroatoms. The Hall–Kier alpha value is -2.65. The Morgan fingerprint density at radius 3 is 2.74 bits per heavy atom. The molecule has 4 N–H and O–H groups in total. The molecule has 0 atom stereocenters. The lowest BCUT2D eigenvalue weighted by molar-refractivity contribution is -0.0159. The second-order valence-electron chi connectivity index (χ2n) is 4.92. The van der Waals surface area contributed by atoms with Crippen LogP contribution in [0.15, 0.2) is 42.6 Å². The molecule has 2 rings (SSSR count). The van der Waals surface area contributed by atoms with E-state index in [0.29, 0.717) is 17.1 Å². The van der Waals surface area contributed by atoms with Gasteiger partial charge in [0.25, 0.3) is 5.91 Å². The van der Waals surface area contributed by atoms with Gasteiger partial charge in [-0.15, -0.1) is 5.53 Å². The van der Waals surface area contributed by atoms with Crippen molar-refractivity contribution < 1.29 is 10.0 Å². The third-order valence-corrected chi connectivity index (χ3v) is 3.22. The summed E-state index contributed by atoms with van der Waals surface area (Å²) in [5.41, 5.74) is 6.28. The molecule has 0 aromatic carbocycles. The van der Waals surface area contributed by atoms with Gasteiger partial charge in [0.15, 0.2) is 0 Å². The van der Waals surface area contributed by atoms with Crippen molar-refractivity contribution >= 4 is 5.91 Å². The average molecular weight is 319 g/mol. The van der Waals surface area contributed by atoms with Gasteiger partial charge in [0.05, 0.1) is 17.5 Å². The SMILES string of the molecule is CCCCNC1=C(C)N(O)C=CN1NNC(=O)c1cncnc1. The number of hydrogen-bond donors (Lipinski definition) is 4. The number of nitrogens with zero attached hydrogens (tertiary/aromatic N) is 4. The lowest BCUT2D eigenvalue weighted by Gasteiger charge is -2.32. The highest BCUT2D eigenvalue weighted by Crippen LogP contribution is 2.15. The molecular formula is C14H21N7O2. The lowest BCUT2D eigenvalue weighted by Crippen LogP contribution is -2.51. The van der Waals surface area contributed by atoms with Crippen LogP contribution in [0, 0.1) is 0 Å². The largest absolute Gasteiger partial charge is 0.369 e. The minimum absolute atomic E-state index is 0.339. The number of carbonyl (C=O) groups excluding carboxylic acids is 1. The lowest BCUT2D eigenvalue weighted by atomic mass is 10.3. The van der Waals surface area contributed by atoms with Crippen LogP contribution in [0.25, 0.3) is 0 Å². The number of allylic oxidation sites excluding steroid dienone is 1. The molecule has 1 amide bonds. The fraction of sp³-hybridized carbons (Fsp3) is 0.357. The van der Waals surface area contributed by atoms with E-state index in [4.69, 9.17) is 0 Å². The molecule has 0 saturated carbocycles. The van der Waals surface area contributed by atoms with Gasteiger partial charge in [-0.05, 0) is 13.3 Å². The van der Waals surface area contributed by atoms with E-state index in [2.05, 4.69) is 33.2 Å². The van der Waals surface area contributed by atoms with Gasteiger partial charge in [-0.2, -0.15) is 0 Å². The first kappa shape index (κ1) is 16.7. The van der Waals surface area contributed by atoms with Gasteiger partial charge >= 0.3 is 0 Å². The maximum atomic E-state index is 12.0. The summed E-state index contributed by atoms with van der Waals surface area (Å²) in [6, 6.07) is 0. The number of hydroxylamine groups is 2. The van der Waals surface area contributed by atoms with Crippen LogP contribution in [-0.2, 0) is 0 Å². The van der Waals surface area contributed by atoms with Crippen LogP contribution in [0.4, 0.5) is 0 Å². The van der Waals surface area contributed by atoms with Crippen molar-refractivity contribution in [2.24, 2.45) is 0 Å². The van der Waals surface area contributed by atoms with Crippen molar-refractivity contribution in [3.05, 3.63) is 48.2 Å². The maximum Gasteiger partial charge on any atom is 0.269 e. The zero-order valence-electron chi connectivity index (χ0n) is 13.2. The Balaban J connectivity index is 1.99. The predicted octanol–water partition coefficient (Wildman–Crippen LogP) is 0.683. The smallest absolute Gasteiger partial charge is 0.269 e. The molecule has 0 spiro atoms. The Morgan fingerprint density at radius 1 is 1.30 bits per heavy atom. The number of rotatable bonds is 7. The number of hydrogen-bond acceptors (Lipinski definition) is 8. The van der Waals surface area contributed by atoms with Gasteiger partial charge in [-0.3, -0.25) is 15.4 Å². The topological polar surface area (TPSA) is 106 Å². The van der Waals surface area contributed by atoms with Crippen molar-refractivity contribution in [2.45, 2.75) is 26.7 Å². The first-order valence-electron chi connectivity index (χ1n) is 7.35. The maximum absolute atomic E-state index is 12.0. The molecule has 23 heavy (non-hydrogen) atoms. The zero-order chi connectivity index (χ0) is 16.7. The number of hydrazine groups is 2. The summed E-state index contributed by atoms with van der Waals surface area (Å²) in [4.78, 5) is 19.6. The molecule has 1 aliphatic rings. The monoisotopic (exact) mass is 319 g/mol. The van der Waals surface area contributed by atoms with Gasteiger partial charge < -0.3 is 5.32 Å². The van der Waals surface area contributed by atoms with Crippen molar-refractivity contribution in [2.75, 3.05) is 6.54 Å². The summed E-state index contributed by atoms with van der Waals surface area (Å²) in [6.45, 7) is 4.61. The van der Waals surface area contributed by atoms with Crippen LogP contribution in [0.5, 0.6) is 0 Å². The summed E-state index contributed by atoms with van der Waals surface area (Å²) in [5, 5.41) is 15.6. The molecule has 1 aromatic heterocycles. The average Bonchev–Trinajstić information content (AvgIpc) is 2.58. The predicted molar refractivity (Wildman–Crippen MR) is 82.8 cm³/mol. The Bertz CT molecular complexity index is 588. The number of nitrogens with one attached hydrogen (secondary N) is 3. The standard InChI is InChI=1S/C14H21N7O2/c1-3-4-5-17-13-11(2)21(23)7-6-20(13)19-18-14(22)12-8-15-10-16-9-12/h6-10,17,19,23H,3-5H2,1-2H3,(H,18,22). The number of amides is 1. The molecule has 0 unspecified atom stereocenters. The van der Waals surface area contributed by atoms with Gasteiger partial charge in [0, 0.05) is 25.1 Å². The van der Waals surface area contributed by atoms with Crippen LogP contribution in [0.3, 0.4) is 0 Å². The second-order valence-corrected chi connectivity index (χ2v) is 4.92. The quantitative estimate of drug-likeness (QED) is 0.429. The summed E-state index contributed by atoms with van der Waals surface area (Å²) in [5.74, 6) is 0.282. The minimum Gasteiger partial charge on any atom is -0.369 e. The summed E-state index contributed by atoms with van der Waals surface area (Å²) < 4.78 is 0. The summed E-state index contributed by atoms with van der Waals surface area (Å²) >= 11 is 0. The zero-order valence-corrected chi connectivity index (χ0v) is 13.2. The fourth-order valence-corrected chi connectivity index (χ4v) is 1.89. The minimum atomic E-state index is -0.365. The van der Waals surface area contributed by atoms with Crippen LogP contribution in [0.1, 0.15) is 37.0 Å². The van der Waals surface area contributed by atoms with E-state index >= 15 is 0 Å². The first-order chi connectivity index (χ1) is 11.1. The Morgan fingerprint density at radius 2 is 2.04 bits per heavy atom. The third kappa shape index (κ3) is 4.41. The molecule has 1 aliphatic heterocycles. The molecule has 0 aliphatic carbocycles. The molecule has 2 heterocycles. The summed E-state index contributed by atoms with van der Waals surface area (Å²) in [6.07, 6.45) is 9.30. The van der Waals surface area contributed by atoms with Gasteiger partial charge in [0.2, 0.25) is 0 Å². The van der Waals surface area contributed by atoms with Crippen LogP contribution in [0.2, 0.25) is 0 Å². The van der Waals surface area contributed by atoms with Crippen molar-refractivity contribution in [1.82, 2.24) is 36.3 Å². The highest BCUT2D eigenvalue weighted by molar-refractivity contribution is 5.93. The molecule has 124 valence electrons. The van der Waals surface area contributed by atoms with E-state index in [-0.39, 0.29) is 5.91 Å². The summed E-state index contributed by atoms with van der Waals surface area (Å²) in [7, 11) is 0. The Kier molecular flexibility index (Phi) is 5.89. The van der Waals surface area contributed by atoms with E-state index in [1.165, 1.54) is 24.9 Å². The molecular weight excluding hydrogens is 298 g/mol. The number of aromatic nitrogens is 2. The van der Waals surface area contributed by atoms with E-state index in [0.717, 1.165) is 24.4 Å². The highest BCUT2D eigenvalue weighted by atomic mass is 16.5. The molecule has 0 bridgehead atoms. The van der Waals surface area contributed by atoms with E-state index in [1.54, 1.807) is 18.1 Å². The normalized spacial score (nSPS) is 14.2. The highest BCUT2D eigenvalue weighted by Gasteiger charge is 2.18. The number of carbonyl (C=O) groups is 1. The first-order valence-corrected chi connectivity index (χ1v) is 7.35. The number of unbranched alkanes of at least 4 members (excludes halogenated alkanes) is 1. The van der Waals surface area contributed by atoms with Crippen LogP contribution in [-0.4, -0.2) is 37.7 Å². The molecule has 9 nitrogen and oxygen atoms in total. The van der Waals surface area contributed by atoms with E-state index in [1.807, 2.05) is 0 Å². The molecule has 0 fully saturated rings.